The number of carbonyl (C=O) groups is 4. The molecule has 2 aromatic heterocycles. The van der Waals surface area contributed by atoms with Crippen LogP contribution in [0.5, 0.6) is 5.75 Å². The normalized spacial score (nSPS) is 22.8. The van der Waals surface area contributed by atoms with Gasteiger partial charge in [0.05, 0.1) is 55.8 Å². The maximum atomic E-state index is 14.5. The second-order valence-corrected chi connectivity index (χ2v) is 18.0. The average molecular weight is 875 g/mol. The lowest BCUT2D eigenvalue weighted by Crippen LogP contribution is -2.55. The fourth-order valence-electron chi connectivity index (χ4n) is 10.4. The van der Waals surface area contributed by atoms with Crippen LogP contribution in [0.2, 0.25) is 0 Å². The number of fused-ring (bicyclic) bond motifs is 6. The van der Waals surface area contributed by atoms with E-state index in [-0.39, 0.29) is 47.8 Å². The summed E-state index contributed by atoms with van der Waals surface area (Å²) in [4.78, 5) is 73.8. The Morgan fingerprint density at radius 1 is 0.875 bits per heavy atom. The van der Waals surface area contributed by atoms with E-state index >= 15 is 0 Å². The first-order chi connectivity index (χ1) is 31.0. The first-order valence-electron chi connectivity index (χ1n) is 22.7. The maximum absolute atomic E-state index is 14.5. The molecule has 4 aliphatic heterocycles. The SMILES string of the molecule is CC[C@H]1CC[C@@H](c2nc3ccc4cc5c(cc4c3[nH]2)OCc2cc(-c3cnc([C@@H]4CC[C@H](C)N4C(=O)[C@@H](NC(=O)OC)C(C)C)[nH]3)ccc2-5)N1C(=O)C(NC(=O)OC)[C@H]1CCCOC1. The van der Waals surface area contributed by atoms with Crippen molar-refractivity contribution in [2.45, 2.75) is 115 Å². The van der Waals surface area contributed by atoms with E-state index in [1.54, 1.807) is 0 Å². The highest BCUT2D eigenvalue weighted by Crippen LogP contribution is 2.44. The summed E-state index contributed by atoms with van der Waals surface area (Å²) >= 11 is 0. The molecule has 3 aromatic carbocycles. The van der Waals surface area contributed by atoms with Crippen molar-refractivity contribution in [1.82, 2.24) is 40.4 Å². The van der Waals surface area contributed by atoms with Gasteiger partial charge in [-0.05, 0) is 104 Å². The lowest BCUT2D eigenvalue weighted by Gasteiger charge is -2.36. The zero-order valence-electron chi connectivity index (χ0n) is 37.4. The van der Waals surface area contributed by atoms with E-state index in [1.165, 1.54) is 14.2 Å². The van der Waals surface area contributed by atoms with Gasteiger partial charge in [-0.2, -0.15) is 0 Å². The van der Waals surface area contributed by atoms with Crippen molar-refractivity contribution in [2.24, 2.45) is 11.8 Å². The molecule has 16 heteroatoms. The zero-order chi connectivity index (χ0) is 44.8. The highest BCUT2D eigenvalue weighted by atomic mass is 16.5. The number of H-pyrrole nitrogens is 2. The Labute approximate surface area is 372 Å². The minimum Gasteiger partial charge on any atom is -0.488 e. The first-order valence-corrected chi connectivity index (χ1v) is 22.7. The highest BCUT2D eigenvalue weighted by molar-refractivity contribution is 6.07. The smallest absolute Gasteiger partial charge is 0.407 e. The topological polar surface area (TPSA) is 193 Å². The van der Waals surface area contributed by atoms with Gasteiger partial charge in [0.1, 0.15) is 36.1 Å². The summed E-state index contributed by atoms with van der Waals surface area (Å²) in [5, 5.41) is 7.58. The molecule has 1 unspecified atom stereocenters. The van der Waals surface area contributed by atoms with E-state index in [2.05, 4.69) is 63.9 Å². The first kappa shape index (κ1) is 43.1. The number of carbonyl (C=O) groups excluding carboxylic acids is 4. The molecule has 9 rings (SSSR count). The molecular weight excluding hydrogens is 817 g/mol. The third kappa shape index (κ3) is 7.90. The molecule has 4 amide bonds. The number of nitrogens with one attached hydrogen (secondary N) is 4. The van der Waals surface area contributed by atoms with Crippen molar-refractivity contribution in [2.75, 3.05) is 27.4 Å². The molecular formula is C48H58N8O8. The lowest BCUT2D eigenvalue weighted by molar-refractivity contribution is -0.139. The van der Waals surface area contributed by atoms with Gasteiger partial charge in [-0.3, -0.25) is 9.59 Å². The van der Waals surface area contributed by atoms with Crippen molar-refractivity contribution in [1.29, 1.82) is 0 Å². The summed E-state index contributed by atoms with van der Waals surface area (Å²) in [5.74, 6) is 1.63. The zero-order valence-corrected chi connectivity index (χ0v) is 37.4. The number of imidazole rings is 2. The van der Waals surface area contributed by atoms with Gasteiger partial charge in [-0.25, -0.2) is 19.6 Å². The van der Waals surface area contributed by atoms with E-state index < -0.39 is 24.3 Å². The Hall–Kier alpha value is -6.16. The van der Waals surface area contributed by atoms with Crippen LogP contribution in [0.3, 0.4) is 0 Å². The quantitative estimate of drug-likeness (QED) is 0.108. The van der Waals surface area contributed by atoms with Gasteiger partial charge in [0.2, 0.25) is 11.8 Å². The number of ether oxygens (including phenoxy) is 4. The van der Waals surface area contributed by atoms with Crippen molar-refractivity contribution in [3.05, 3.63) is 65.9 Å². The van der Waals surface area contributed by atoms with E-state index in [0.29, 0.717) is 25.6 Å². The second kappa shape index (κ2) is 17.8. The second-order valence-electron chi connectivity index (χ2n) is 18.0. The lowest BCUT2D eigenvalue weighted by atomic mass is 9.92. The fraction of sp³-hybridized carbons (Fsp3) is 0.500. The molecule has 3 fully saturated rings. The van der Waals surface area contributed by atoms with Crippen LogP contribution in [0, 0.1) is 11.8 Å². The van der Waals surface area contributed by atoms with Crippen molar-refractivity contribution in [3.8, 4) is 28.1 Å². The van der Waals surface area contributed by atoms with E-state index in [4.69, 9.17) is 28.9 Å². The molecule has 64 heavy (non-hydrogen) atoms. The van der Waals surface area contributed by atoms with Crippen LogP contribution in [0.4, 0.5) is 9.59 Å². The molecule has 6 heterocycles. The Morgan fingerprint density at radius 3 is 2.41 bits per heavy atom. The van der Waals surface area contributed by atoms with Crippen LogP contribution in [-0.4, -0.2) is 105 Å². The number of rotatable bonds is 10. The molecule has 5 aromatic rings. The summed E-state index contributed by atoms with van der Waals surface area (Å²) in [6.45, 7) is 9.36. The van der Waals surface area contributed by atoms with Gasteiger partial charge in [0.25, 0.3) is 0 Å². The van der Waals surface area contributed by atoms with Crippen molar-refractivity contribution < 1.29 is 38.1 Å². The number of aromatic nitrogens is 4. The number of aromatic amines is 2. The average Bonchev–Trinajstić information content (AvgIpc) is 4.14. The van der Waals surface area contributed by atoms with E-state index in [0.717, 1.165) is 106 Å². The number of hydrogen-bond donors (Lipinski definition) is 4. The fourth-order valence-corrected chi connectivity index (χ4v) is 10.4. The summed E-state index contributed by atoms with van der Waals surface area (Å²) < 4.78 is 22.0. The van der Waals surface area contributed by atoms with Crippen LogP contribution in [0.1, 0.15) is 102 Å². The third-order valence-corrected chi connectivity index (χ3v) is 13.8. The Balaban J connectivity index is 0.971. The minimum atomic E-state index is -0.766. The molecule has 0 aliphatic carbocycles. The van der Waals surface area contributed by atoms with Gasteiger partial charge in [0, 0.05) is 35.6 Å². The van der Waals surface area contributed by atoms with Crippen LogP contribution < -0.4 is 15.4 Å². The van der Waals surface area contributed by atoms with Crippen LogP contribution in [0.25, 0.3) is 44.2 Å². The van der Waals surface area contributed by atoms with Gasteiger partial charge in [0.15, 0.2) is 0 Å². The monoisotopic (exact) mass is 874 g/mol. The van der Waals surface area contributed by atoms with Gasteiger partial charge in [-0.15, -0.1) is 0 Å². The molecule has 3 saturated heterocycles. The summed E-state index contributed by atoms with van der Waals surface area (Å²) in [7, 11) is 2.60. The number of amides is 4. The number of benzene rings is 3. The predicted molar refractivity (Wildman–Crippen MR) is 239 cm³/mol. The van der Waals surface area contributed by atoms with Crippen molar-refractivity contribution >= 4 is 45.8 Å². The molecule has 0 bridgehead atoms. The van der Waals surface area contributed by atoms with Crippen LogP contribution in [-0.2, 0) is 30.4 Å². The summed E-state index contributed by atoms with van der Waals surface area (Å²) in [6, 6.07) is 12.6. The largest absolute Gasteiger partial charge is 0.488 e. The maximum Gasteiger partial charge on any atom is 0.407 e. The minimum absolute atomic E-state index is 0.00299. The molecule has 7 atom stereocenters. The van der Waals surface area contributed by atoms with Gasteiger partial charge >= 0.3 is 12.2 Å². The Bertz CT molecular complexity index is 2580. The molecule has 4 N–H and O–H groups in total. The number of likely N-dealkylation sites (tertiary alicyclic amines) is 2. The number of methoxy groups -OCH3 is 2. The predicted octanol–water partition coefficient (Wildman–Crippen LogP) is 7.69. The number of alkyl carbamates (subject to hydrolysis) is 2. The summed E-state index contributed by atoms with van der Waals surface area (Å²) in [5.41, 5.74) is 6.60. The molecule has 4 aliphatic rings. The van der Waals surface area contributed by atoms with Crippen LogP contribution in [0.15, 0.2) is 48.7 Å². The Morgan fingerprint density at radius 2 is 1.66 bits per heavy atom. The van der Waals surface area contributed by atoms with Crippen molar-refractivity contribution in [3.63, 3.8) is 0 Å². The molecule has 0 spiro atoms. The van der Waals surface area contributed by atoms with Crippen LogP contribution >= 0.6 is 0 Å². The van der Waals surface area contributed by atoms with Gasteiger partial charge in [-0.1, -0.05) is 39.0 Å². The van der Waals surface area contributed by atoms with E-state index in [1.807, 2.05) is 42.8 Å². The third-order valence-electron chi connectivity index (χ3n) is 13.8. The highest BCUT2D eigenvalue weighted by Gasteiger charge is 2.45. The van der Waals surface area contributed by atoms with E-state index in [9.17, 15) is 19.2 Å². The number of nitrogens with zero attached hydrogens (tertiary/aromatic N) is 4. The molecule has 16 nitrogen and oxygen atoms in total. The molecule has 0 saturated carbocycles. The standard InChI is InChI=1S/C48H58N8O8/c1-7-31-13-17-38(56(31)46(58)41(54-48(60)62-6)29-9-8-18-63-23-29)44-50-35-15-12-27-20-34-32-14-11-28(19-30(32)24-64-39(34)21-33(27)42(35)52-44)36-22-49-43(51-36)37-16-10-26(4)55(37)45(57)40(25(2)3)53-47(59)61-5/h11-12,14-15,19-22,25-26,29,31,37-38,40-41H,7-10,13,16-18,23-24H2,1-6H3,(H,49,51)(H,50,52)(H,53,59)(H,54,60)/t26-,29-,31-,37-,38-,40-,41?/m0/s1. The molecule has 0 radical (unpaired) electrons. The summed E-state index contributed by atoms with van der Waals surface area (Å²) in [6.07, 6.45) is 6.09. The Kier molecular flexibility index (Phi) is 12.0. The van der Waals surface area contributed by atoms with Gasteiger partial charge < -0.3 is 49.3 Å². The molecule has 338 valence electrons. The number of hydrogen-bond acceptors (Lipinski definition) is 10.